The van der Waals surface area contributed by atoms with Crippen LogP contribution in [0.15, 0.2) is 48.5 Å². The van der Waals surface area contributed by atoms with E-state index < -0.39 is 7.37 Å². The van der Waals surface area contributed by atoms with E-state index in [1.54, 1.807) is 6.07 Å². The van der Waals surface area contributed by atoms with E-state index in [4.69, 9.17) is 0 Å². The second kappa shape index (κ2) is 3.31. The second-order valence-electron chi connectivity index (χ2n) is 4.03. The van der Waals surface area contributed by atoms with Gasteiger partial charge >= 0.3 is 0 Å². The molecule has 16 heavy (non-hydrogen) atoms. The first kappa shape index (κ1) is 9.83. The van der Waals surface area contributed by atoms with Crippen molar-refractivity contribution in [2.75, 3.05) is 0 Å². The molecule has 0 saturated carbocycles. The monoisotopic (exact) mass is 230 g/mol. The minimum atomic E-state index is -3.21. The Morgan fingerprint density at radius 2 is 1.56 bits per heavy atom. The Balaban J connectivity index is 2.38. The Bertz CT molecular complexity index is 604. The first-order valence-electron chi connectivity index (χ1n) is 5.18. The van der Waals surface area contributed by atoms with Crippen LogP contribution in [0.2, 0.25) is 0 Å². The molecule has 80 valence electrons. The molecule has 3 rings (SSSR count). The van der Waals surface area contributed by atoms with Crippen molar-refractivity contribution in [3.05, 3.63) is 54.1 Å². The Kier molecular flexibility index (Phi) is 2.03. The fourth-order valence-electron chi connectivity index (χ4n) is 2.24. The van der Waals surface area contributed by atoms with E-state index in [9.17, 15) is 9.46 Å². The lowest BCUT2D eigenvalue weighted by molar-refractivity contribution is 0.488. The fourth-order valence-corrected chi connectivity index (χ4v) is 4.04. The van der Waals surface area contributed by atoms with E-state index in [1.165, 1.54) is 0 Å². The topological polar surface area (TPSA) is 37.3 Å². The summed E-state index contributed by atoms with van der Waals surface area (Å²) < 4.78 is 12.2. The Labute approximate surface area is 94.0 Å². The molecule has 0 bridgehead atoms. The lowest BCUT2D eigenvalue weighted by atomic mass is 10.0. The maximum Gasteiger partial charge on any atom is 0.234 e. The zero-order valence-electron chi connectivity index (χ0n) is 8.63. The van der Waals surface area contributed by atoms with Gasteiger partial charge in [-0.1, -0.05) is 42.5 Å². The predicted octanol–water partition coefficient (Wildman–Crippen LogP) is 2.76. The van der Waals surface area contributed by atoms with E-state index in [-0.39, 0.29) is 6.16 Å². The maximum absolute atomic E-state index is 12.2. The molecule has 0 aromatic heterocycles. The molecule has 1 atom stereocenters. The van der Waals surface area contributed by atoms with E-state index in [0.29, 0.717) is 5.30 Å². The molecule has 2 nitrogen and oxygen atoms in total. The highest BCUT2D eigenvalue weighted by molar-refractivity contribution is 7.65. The first-order chi connectivity index (χ1) is 7.68. The molecule has 1 heterocycles. The summed E-state index contributed by atoms with van der Waals surface area (Å²) >= 11 is 0. The summed E-state index contributed by atoms with van der Waals surface area (Å²) in [6.45, 7) is 0. The smallest absolute Gasteiger partial charge is 0.234 e. The van der Waals surface area contributed by atoms with Gasteiger partial charge in [0.05, 0.1) is 6.16 Å². The molecular formula is C13H11O2P. The zero-order chi connectivity index (χ0) is 11.2. The summed E-state index contributed by atoms with van der Waals surface area (Å²) in [6, 6.07) is 15.2. The molecule has 2 aromatic carbocycles. The van der Waals surface area contributed by atoms with Crippen LogP contribution in [0.5, 0.6) is 0 Å². The molecule has 3 heteroatoms. The van der Waals surface area contributed by atoms with Crippen LogP contribution in [0.1, 0.15) is 5.56 Å². The molecule has 1 aliphatic heterocycles. The lowest BCUT2D eigenvalue weighted by Gasteiger charge is -2.23. The Hall–Kier alpha value is -1.37. The minimum absolute atomic E-state index is 0.250. The third-order valence-electron chi connectivity index (χ3n) is 2.97. The van der Waals surface area contributed by atoms with Crippen LogP contribution in [0.3, 0.4) is 0 Å². The zero-order valence-corrected chi connectivity index (χ0v) is 9.52. The van der Waals surface area contributed by atoms with E-state index in [2.05, 4.69) is 0 Å². The Morgan fingerprint density at radius 1 is 0.938 bits per heavy atom. The number of benzene rings is 2. The van der Waals surface area contributed by atoms with E-state index >= 15 is 0 Å². The van der Waals surface area contributed by atoms with Gasteiger partial charge in [-0.15, -0.1) is 0 Å². The van der Waals surface area contributed by atoms with Gasteiger partial charge < -0.3 is 4.89 Å². The summed E-state index contributed by atoms with van der Waals surface area (Å²) in [5, 5.41) is 0.591. The standard InChI is InChI=1S/C13H11O2P/c14-16(15)9-10-5-1-2-6-11(10)12-7-3-4-8-13(12)16/h1-8H,9H2,(H,14,15). The maximum atomic E-state index is 12.2. The first-order valence-corrected chi connectivity index (χ1v) is 7.03. The number of hydrogen-bond donors (Lipinski definition) is 1. The van der Waals surface area contributed by atoms with Gasteiger partial charge in [0.1, 0.15) is 0 Å². The minimum Gasteiger partial charge on any atom is -0.341 e. The van der Waals surface area contributed by atoms with Crippen LogP contribution in [0.25, 0.3) is 11.1 Å². The largest absolute Gasteiger partial charge is 0.341 e. The molecular weight excluding hydrogens is 219 g/mol. The molecule has 0 radical (unpaired) electrons. The van der Waals surface area contributed by atoms with Crippen molar-refractivity contribution in [3.63, 3.8) is 0 Å². The molecule has 0 spiro atoms. The highest BCUT2D eigenvalue weighted by atomic mass is 31.2. The molecule has 2 aromatic rings. The van der Waals surface area contributed by atoms with Gasteiger partial charge in [-0.25, -0.2) is 0 Å². The van der Waals surface area contributed by atoms with Gasteiger partial charge in [0.15, 0.2) is 0 Å². The van der Waals surface area contributed by atoms with Crippen molar-refractivity contribution in [2.45, 2.75) is 6.16 Å². The fraction of sp³-hybridized carbons (Fsp3) is 0.0769. The predicted molar refractivity (Wildman–Crippen MR) is 65.0 cm³/mol. The third kappa shape index (κ3) is 1.35. The molecule has 1 unspecified atom stereocenters. The average molecular weight is 230 g/mol. The van der Waals surface area contributed by atoms with Crippen LogP contribution < -0.4 is 5.30 Å². The highest BCUT2D eigenvalue weighted by Crippen LogP contribution is 2.51. The normalized spacial score (nSPS) is 22.3. The van der Waals surface area contributed by atoms with Crippen LogP contribution in [-0.4, -0.2) is 4.89 Å². The van der Waals surface area contributed by atoms with Crippen molar-refractivity contribution in [1.29, 1.82) is 0 Å². The number of hydrogen-bond acceptors (Lipinski definition) is 1. The molecule has 1 aliphatic rings. The van der Waals surface area contributed by atoms with Crippen LogP contribution in [0, 0.1) is 0 Å². The number of fused-ring (bicyclic) bond motifs is 3. The van der Waals surface area contributed by atoms with Crippen molar-refractivity contribution in [1.82, 2.24) is 0 Å². The summed E-state index contributed by atoms with van der Waals surface area (Å²) in [6.07, 6.45) is 0.250. The summed E-state index contributed by atoms with van der Waals surface area (Å²) in [4.78, 5) is 10.0. The molecule has 1 N–H and O–H groups in total. The summed E-state index contributed by atoms with van der Waals surface area (Å²) in [5.41, 5.74) is 2.95. The average Bonchev–Trinajstić information content (AvgIpc) is 2.29. The number of rotatable bonds is 0. The van der Waals surface area contributed by atoms with Gasteiger partial charge in [0.25, 0.3) is 0 Å². The molecule has 0 saturated heterocycles. The van der Waals surface area contributed by atoms with Crippen molar-refractivity contribution < 1.29 is 9.46 Å². The van der Waals surface area contributed by atoms with Crippen molar-refractivity contribution in [3.8, 4) is 11.1 Å². The van der Waals surface area contributed by atoms with Crippen molar-refractivity contribution >= 4 is 12.7 Å². The van der Waals surface area contributed by atoms with Crippen molar-refractivity contribution in [2.24, 2.45) is 0 Å². The Morgan fingerprint density at radius 3 is 2.38 bits per heavy atom. The van der Waals surface area contributed by atoms with Gasteiger partial charge in [-0.3, -0.25) is 4.57 Å². The van der Waals surface area contributed by atoms with Gasteiger partial charge in [-0.05, 0) is 22.8 Å². The van der Waals surface area contributed by atoms with Crippen LogP contribution >= 0.6 is 7.37 Å². The van der Waals surface area contributed by atoms with E-state index in [0.717, 1.165) is 16.7 Å². The van der Waals surface area contributed by atoms with Gasteiger partial charge in [0.2, 0.25) is 7.37 Å². The summed E-state index contributed by atoms with van der Waals surface area (Å²) in [7, 11) is -3.21. The van der Waals surface area contributed by atoms with Gasteiger partial charge in [0, 0.05) is 5.30 Å². The summed E-state index contributed by atoms with van der Waals surface area (Å²) in [5.74, 6) is 0. The SMILES string of the molecule is O=P1(O)Cc2ccccc2-c2ccccc21. The molecule has 0 fully saturated rings. The van der Waals surface area contributed by atoms with Gasteiger partial charge in [-0.2, -0.15) is 0 Å². The van der Waals surface area contributed by atoms with E-state index in [1.807, 2.05) is 42.5 Å². The quantitative estimate of drug-likeness (QED) is 0.706. The molecule has 0 aliphatic carbocycles. The highest BCUT2D eigenvalue weighted by Gasteiger charge is 2.31. The lowest BCUT2D eigenvalue weighted by Crippen LogP contribution is -2.15. The van der Waals surface area contributed by atoms with Crippen LogP contribution in [0.4, 0.5) is 0 Å². The third-order valence-corrected chi connectivity index (χ3v) is 4.88. The van der Waals surface area contributed by atoms with Crippen LogP contribution in [-0.2, 0) is 10.7 Å². The molecule has 0 amide bonds. The second-order valence-corrected chi connectivity index (χ2v) is 6.24.